The van der Waals surface area contributed by atoms with E-state index in [-0.39, 0.29) is 0 Å². The van der Waals surface area contributed by atoms with Gasteiger partial charge in [0, 0.05) is 23.5 Å². The van der Waals surface area contributed by atoms with Crippen molar-refractivity contribution in [1.82, 2.24) is 5.32 Å². The monoisotopic (exact) mass is 331 g/mol. The summed E-state index contributed by atoms with van der Waals surface area (Å²) in [5.41, 5.74) is 0.363. The van der Waals surface area contributed by atoms with Gasteiger partial charge in [0.15, 0.2) is 11.6 Å². The summed E-state index contributed by atoms with van der Waals surface area (Å²) in [6.45, 7) is 1.08. The van der Waals surface area contributed by atoms with E-state index in [0.717, 1.165) is 22.8 Å². The number of hydrogen-bond donors (Lipinski definition) is 1. The van der Waals surface area contributed by atoms with Gasteiger partial charge < -0.3 is 5.32 Å². The van der Waals surface area contributed by atoms with Gasteiger partial charge in [0.05, 0.1) is 3.79 Å². The lowest BCUT2D eigenvalue weighted by Gasteiger charge is -2.05. The predicted molar refractivity (Wildman–Crippen MR) is 73.8 cm³/mol. The molecule has 18 heavy (non-hydrogen) atoms. The van der Waals surface area contributed by atoms with Gasteiger partial charge in [-0.05, 0) is 40.5 Å². The van der Waals surface area contributed by atoms with Gasteiger partial charge in [-0.25, -0.2) is 8.78 Å². The minimum absolute atomic E-state index is 0.343. The Morgan fingerprint density at radius 3 is 2.72 bits per heavy atom. The van der Waals surface area contributed by atoms with Crippen molar-refractivity contribution < 1.29 is 8.78 Å². The fourth-order valence-electron chi connectivity index (χ4n) is 1.61. The molecule has 96 valence electrons. The summed E-state index contributed by atoms with van der Waals surface area (Å²) < 4.78 is 27.4. The molecule has 1 aromatic carbocycles. The molecule has 1 nitrogen and oxygen atoms in total. The van der Waals surface area contributed by atoms with Crippen molar-refractivity contribution in [3.8, 4) is 0 Å². The Balaban J connectivity index is 1.80. The molecule has 2 rings (SSSR count). The van der Waals surface area contributed by atoms with Gasteiger partial charge in [-0.15, -0.1) is 11.3 Å². The van der Waals surface area contributed by atoms with Crippen LogP contribution in [0.1, 0.15) is 10.4 Å². The Labute approximate surface area is 117 Å². The molecule has 1 heterocycles. The highest BCUT2D eigenvalue weighted by atomic mass is 79.9. The van der Waals surface area contributed by atoms with Crippen molar-refractivity contribution in [2.24, 2.45) is 0 Å². The van der Waals surface area contributed by atoms with Crippen LogP contribution in [0.4, 0.5) is 8.78 Å². The van der Waals surface area contributed by atoms with Gasteiger partial charge in [0.2, 0.25) is 0 Å². The van der Waals surface area contributed by atoms with Gasteiger partial charge in [0.25, 0.3) is 0 Å². The van der Waals surface area contributed by atoms with E-state index < -0.39 is 11.6 Å². The van der Waals surface area contributed by atoms with Crippen molar-refractivity contribution in [1.29, 1.82) is 0 Å². The molecule has 0 radical (unpaired) electrons. The van der Waals surface area contributed by atoms with Crippen LogP contribution in [0.2, 0.25) is 0 Å². The van der Waals surface area contributed by atoms with E-state index in [1.165, 1.54) is 10.9 Å². The van der Waals surface area contributed by atoms with Crippen molar-refractivity contribution in [2.75, 3.05) is 6.54 Å². The van der Waals surface area contributed by atoms with Crippen molar-refractivity contribution in [3.63, 3.8) is 0 Å². The molecule has 0 spiro atoms. The van der Waals surface area contributed by atoms with E-state index in [1.54, 1.807) is 17.4 Å². The molecule has 5 heteroatoms. The number of halogens is 3. The summed E-state index contributed by atoms with van der Waals surface area (Å²) >= 11 is 5.08. The van der Waals surface area contributed by atoms with Crippen LogP contribution in [-0.2, 0) is 13.0 Å². The van der Waals surface area contributed by atoms with E-state index >= 15 is 0 Å². The van der Waals surface area contributed by atoms with Gasteiger partial charge in [-0.3, -0.25) is 0 Å². The van der Waals surface area contributed by atoms with Gasteiger partial charge in [-0.2, -0.15) is 0 Å². The zero-order chi connectivity index (χ0) is 13.0. The first-order valence-electron chi connectivity index (χ1n) is 5.54. The molecule has 2 aromatic rings. The third-order valence-corrected chi connectivity index (χ3v) is 4.21. The average Bonchev–Trinajstić information content (AvgIpc) is 2.76. The van der Waals surface area contributed by atoms with Gasteiger partial charge in [0.1, 0.15) is 0 Å². The summed E-state index contributed by atoms with van der Waals surface area (Å²) in [4.78, 5) is 1.26. The quantitative estimate of drug-likeness (QED) is 0.812. The zero-order valence-corrected chi connectivity index (χ0v) is 12.0. The van der Waals surface area contributed by atoms with Crippen LogP contribution in [0.3, 0.4) is 0 Å². The van der Waals surface area contributed by atoms with Gasteiger partial charge >= 0.3 is 0 Å². The summed E-state index contributed by atoms with van der Waals surface area (Å²) in [6, 6.07) is 8.30. The number of hydrogen-bond acceptors (Lipinski definition) is 2. The van der Waals surface area contributed by atoms with Crippen LogP contribution in [0.25, 0.3) is 0 Å². The average molecular weight is 332 g/mol. The highest BCUT2D eigenvalue weighted by Crippen LogP contribution is 2.22. The summed E-state index contributed by atoms with van der Waals surface area (Å²) in [6.07, 6.45) is 0.882. The fraction of sp³-hybridized carbons (Fsp3) is 0.231. The topological polar surface area (TPSA) is 12.0 Å². The molecule has 1 aromatic heterocycles. The zero-order valence-electron chi connectivity index (χ0n) is 9.55. The molecule has 0 unspecified atom stereocenters. The maximum atomic E-state index is 13.3. The lowest BCUT2D eigenvalue weighted by molar-refractivity contribution is 0.493. The Hall–Kier alpha value is -0.780. The number of nitrogens with one attached hydrogen (secondary N) is 1. The smallest absolute Gasteiger partial charge is 0.163 e. The van der Waals surface area contributed by atoms with Crippen LogP contribution < -0.4 is 5.32 Å². The molecule has 0 fully saturated rings. The molecule has 0 amide bonds. The maximum absolute atomic E-state index is 13.3. The van der Waals surface area contributed by atoms with E-state index in [9.17, 15) is 8.78 Å². The largest absolute Gasteiger partial charge is 0.312 e. The molecule has 0 atom stereocenters. The third-order valence-electron chi connectivity index (χ3n) is 2.52. The maximum Gasteiger partial charge on any atom is 0.163 e. The number of rotatable bonds is 5. The molecule has 0 aliphatic heterocycles. The van der Waals surface area contributed by atoms with E-state index in [2.05, 4.69) is 27.3 Å². The minimum Gasteiger partial charge on any atom is -0.312 e. The number of thiophene rings is 1. The van der Waals surface area contributed by atoms with Crippen LogP contribution in [0.15, 0.2) is 34.1 Å². The lowest BCUT2D eigenvalue weighted by Crippen LogP contribution is -2.17. The van der Waals surface area contributed by atoms with Gasteiger partial charge in [-0.1, -0.05) is 12.1 Å². The number of benzene rings is 1. The molecule has 1 N–H and O–H groups in total. The standard InChI is InChI=1S/C13H12BrF2NS/c14-12-5-4-10(18-12)6-7-17-8-9-2-1-3-11(15)13(9)16/h1-5,17H,6-8H2. The molecule has 0 saturated carbocycles. The first kappa shape index (κ1) is 13.6. The van der Waals surface area contributed by atoms with Crippen LogP contribution in [-0.4, -0.2) is 6.54 Å². The molecular weight excluding hydrogens is 320 g/mol. The Morgan fingerprint density at radius 2 is 2.00 bits per heavy atom. The normalized spacial score (nSPS) is 10.8. The Kier molecular flexibility index (Phi) is 4.86. The van der Waals surface area contributed by atoms with E-state index in [4.69, 9.17) is 0 Å². The highest BCUT2D eigenvalue weighted by molar-refractivity contribution is 9.11. The lowest BCUT2D eigenvalue weighted by atomic mass is 10.2. The summed E-state index contributed by atoms with van der Waals surface area (Å²) in [5.74, 6) is -1.56. The molecular formula is C13H12BrF2NS. The van der Waals surface area contributed by atoms with Crippen molar-refractivity contribution >= 4 is 27.3 Å². The predicted octanol–water partition coefficient (Wildman–Crippen LogP) is 4.12. The summed E-state index contributed by atoms with van der Waals surface area (Å²) in [7, 11) is 0. The highest BCUT2D eigenvalue weighted by Gasteiger charge is 2.06. The van der Waals surface area contributed by atoms with Crippen molar-refractivity contribution in [2.45, 2.75) is 13.0 Å². The first-order chi connectivity index (χ1) is 8.66. The Bertz CT molecular complexity index is 527. The Morgan fingerprint density at radius 1 is 1.17 bits per heavy atom. The third kappa shape index (κ3) is 3.60. The minimum atomic E-state index is -0.795. The van der Waals surface area contributed by atoms with Crippen LogP contribution >= 0.6 is 27.3 Å². The molecule has 0 saturated heterocycles. The van der Waals surface area contributed by atoms with Crippen molar-refractivity contribution in [3.05, 3.63) is 56.2 Å². The molecule has 0 aliphatic carbocycles. The first-order valence-corrected chi connectivity index (χ1v) is 7.15. The molecule has 0 aliphatic rings. The van der Waals surface area contributed by atoms with E-state index in [1.807, 2.05) is 6.07 Å². The second-order valence-electron chi connectivity index (χ2n) is 3.85. The SMILES string of the molecule is Fc1cccc(CNCCc2ccc(Br)s2)c1F. The summed E-state index contributed by atoms with van der Waals surface area (Å²) in [5, 5.41) is 3.11. The second kappa shape index (κ2) is 6.41. The fourth-order valence-corrected chi connectivity index (χ4v) is 3.09. The second-order valence-corrected chi connectivity index (χ2v) is 6.39. The molecule has 0 bridgehead atoms. The van der Waals surface area contributed by atoms with Crippen LogP contribution in [0.5, 0.6) is 0 Å². The van der Waals surface area contributed by atoms with E-state index in [0.29, 0.717) is 12.1 Å². The van der Waals surface area contributed by atoms with Crippen LogP contribution in [0, 0.1) is 11.6 Å².